The molecule has 1 amide bonds. The Kier molecular flexibility index (Phi) is 15.9. The van der Waals surface area contributed by atoms with Gasteiger partial charge in [-0.3, -0.25) is 4.79 Å². The Balaban J connectivity index is 1.55. The first-order valence-corrected chi connectivity index (χ1v) is 14.1. The summed E-state index contributed by atoms with van der Waals surface area (Å²) in [4.78, 5) is 12.2. The van der Waals surface area contributed by atoms with Crippen molar-refractivity contribution in [1.29, 1.82) is 0 Å². The van der Waals surface area contributed by atoms with Gasteiger partial charge in [-0.05, 0) is 56.4 Å². The molecule has 8 nitrogen and oxygen atoms in total. The molecule has 1 aromatic carbocycles. The van der Waals surface area contributed by atoms with Gasteiger partial charge >= 0.3 is 0 Å². The highest BCUT2D eigenvalue weighted by molar-refractivity contribution is 5.90. The second kappa shape index (κ2) is 18.9. The number of amides is 1. The van der Waals surface area contributed by atoms with E-state index in [0.717, 1.165) is 25.7 Å². The predicted molar refractivity (Wildman–Crippen MR) is 149 cm³/mol. The van der Waals surface area contributed by atoms with Crippen LogP contribution in [0.3, 0.4) is 0 Å². The number of ether oxygens (including phenoxy) is 2. The van der Waals surface area contributed by atoms with Crippen LogP contribution in [-0.4, -0.2) is 63.6 Å². The number of carbonyl (C=O) groups is 1. The molecule has 214 valence electrons. The van der Waals surface area contributed by atoms with Crippen molar-refractivity contribution in [3.8, 4) is 5.75 Å². The van der Waals surface area contributed by atoms with E-state index in [4.69, 9.17) is 9.47 Å². The first-order chi connectivity index (χ1) is 18.5. The molecule has 1 aliphatic rings. The summed E-state index contributed by atoms with van der Waals surface area (Å²) in [6, 6.07) is 6.56. The average Bonchev–Trinajstić information content (AvgIpc) is 2.92. The van der Waals surface area contributed by atoms with Crippen LogP contribution in [0.25, 0.3) is 0 Å². The van der Waals surface area contributed by atoms with Crippen molar-refractivity contribution in [3.63, 3.8) is 0 Å². The number of nitrogens with one attached hydrogen (secondary N) is 1. The number of benzene rings is 1. The Hall–Kier alpha value is -2.23. The molecule has 5 atom stereocenters. The van der Waals surface area contributed by atoms with E-state index in [9.17, 15) is 25.2 Å². The van der Waals surface area contributed by atoms with Crippen LogP contribution in [0, 0.1) is 0 Å². The first-order valence-electron chi connectivity index (χ1n) is 14.1. The minimum atomic E-state index is -1.50. The van der Waals surface area contributed by atoms with Crippen LogP contribution in [0.5, 0.6) is 5.75 Å². The van der Waals surface area contributed by atoms with Gasteiger partial charge in [-0.2, -0.15) is 0 Å². The fraction of sp³-hybridized carbons (Fsp3) is 0.633. The van der Waals surface area contributed by atoms with Gasteiger partial charge in [0.1, 0.15) is 30.2 Å². The van der Waals surface area contributed by atoms with Crippen molar-refractivity contribution < 1.29 is 34.7 Å². The Bertz CT molecular complexity index is 824. The molecular formula is C30H47NO7. The minimum absolute atomic E-state index is 0.0444. The maximum absolute atomic E-state index is 12.2. The summed E-state index contributed by atoms with van der Waals surface area (Å²) < 4.78 is 10.9. The Morgan fingerprint density at radius 1 is 0.868 bits per heavy atom. The monoisotopic (exact) mass is 533 g/mol. The molecule has 0 saturated carbocycles. The fourth-order valence-corrected chi connectivity index (χ4v) is 4.26. The van der Waals surface area contributed by atoms with Crippen LogP contribution < -0.4 is 10.1 Å². The summed E-state index contributed by atoms with van der Waals surface area (Å²) in [6.45, 7) is 1.71. The minimum Gasteiger partial charge on any atom is -0.462 e. The number of anilines is 1. The van der Waals surface area contributed by atoms with Crippen molar-refractivity contribution in [2.45, 2.75) is 115 Å². The van der Waals surface area contributed by atoms with Crippen molar-refractivity contribution >= 4 is 11.6 Å². The number of aliphatic hydroxyl groups is 4. The van der Waals surface area contributed by atoms with Crippen LogP contribution >= 0.6 is 0 Å². The van der Waals surface area contributed by atoms with Crippen molar-refractivity contribution in [2.75, 3.05) is 11.9 Å². The normalized spacial score (nSPS) is 23.8. The van der Waals surface area contributed by atoms with Crippen LogP contribution in [0.15, 0.2) is 48.6 Å². The smallest absolute Gasteiger partial charge is 0.229 e. The highest BCUT2D eigenvalue weighted by Gasteiger charge is 2.44. The second-order valence-electron chi connectivity index (χ2n) is 9.90. The lowest BCUT2D eigenvalue weighted by atomic mass is 9.99. The van der Waals surface area contributed by atoms with E-state index in [2.05, 4.69) is 36.5 Å². The highest BCUT2D eigenvalue weighted by atomic mass is 16.7. The van der Waals surface area contributed by atoms with E-state index in [1.54, 1.807) is 24.3 Å². The largest absolute Gasteiger partial charge is 0.462 e. The zero-order valence-corrected chi connectivity index (χ0v) is 22.7. The molecule has 38 heavy (non-hydrogen) atoms. The number of aliphatic hydroxyl groups excluding tert-OH is 4. The molecule has 1 saturated heterocycles. The lowest BCUT2D eigenvalue weighted by Gasteiger charge is -2.39. The number of allylic oxidation sites excluding steroid dienone is 4. The quantitative estimate of drug-likeness (QED) is 0.138. The third-order valence-electron chi connectivity index (χ3n) is 6.62. The van der Waals surface area contributed by atoms with Crippen LogP contribution in [0.1, 0.15) is 84.0 Å². The molecule has 2 rings (SSSR count). The maximum atomic E-state index is 12.2. The molecule has 8 heteroatoms. The van der Waals surface area contributed by atoms with Gasteiger partial charge in [0.05, 0.1) is 6.61 Å². The van der Waals surface area contributed by atoms with Gasteiger partial charge in [0, 0.05) is 12.1 Å². The molecule has 0 aliphatic carbocycles. The Morgan fingerprint density at radius 2 is 1.47 bits per heavy atom. The zero-order chi connectivity index (χ0) is 27.6. The highest BCUT2D eigenvalue weighted by Crippen LogP contribution is 2.25. The SMILES string of the molecule is CCCCCC/C=C\C=C/CCCCCCCC(=O)Nc1ccc(O[C@@H]2O[C@H](CO)[C@@H](O)[C@H](O)[C@H]2O)cc1. The maximum Gasteiger partial charge on any atom is 0.229 e. The topological polar surface area (TPSA) is 128 Å². The zero-order valence-electron chi connectivity index (χ0n) is 22.7. The lowest BCUT2D eigenvalue weighted by molar-refractivity contribution is -0.277. The molecule has 0 bridgehead atoms. The first kappa shape index (κ1) is 32.0. The van der Waals surface area contributed by atoms with E-state index in [-0.39, 0.29) is 5.91 Å². The van der Waals surface area contributed by atoms with E-state index in [1.807, 2.05) is 0 Å². The van der Waals surface area contributed by atoms with Crippen LogP contribution in [0.2, 0.25) is 0 Å². The summed E-state index contributed by atoms with van der Waals surface area (Å²) >= 11 is 0. The summed E-state index contributed by atoms with van der Waals surface area (Å²) in [6.07, 6.45) is 15.4. The molecule has 0 aromatic heterocycles. The average molecular weight is 534 g/mol. The Morgan fingerprint density at radius 3 is 2.11 bits per heavy atom. The lowest BCUT2D eigenvalue weighted by Crippen LogP contribution is -2.60. The summed E-state index contributed by atoms with van der Waals surface area (Å²) in [5.41, 5.74) is 0.623. The van der Waals surface area contributed by atoms with E-state index >= 15 is 0 Å². The van der Waals surface area contributed by atoms with Crippen molar-refractivity contribution in [1.82, 2.24) is 0 Å². The molecule has 1 fully saturated rings. The predicted octanol–water partition coefficient (Wildman–Crippen LogP) is 4.62. The third kappa shape index (κ3) is 12.1. The molecule has 0 spiro atoms. The number of hydrogen-bond donors (Lipinski definition) is 5. The molecule has 1 heterocycles. The van der Waals surface area contributed by atoms with Gasteiger partial charge in [-0.15, -0.1) is 0 Å². The number of unbranched alkanes of at least 4 members (excludes halogenated alkanes) is 9. The summed E-state index contributed by atoms with van der Waals surface area (Å²) in [7, 11) is 0. The van der Waals surface area contributed by atoms with Crippen LogP contribution in [-0.2, 0) is 9.53 Å². The second-order valence-corrected chi connectivity index (χ2v) is 9.90. The molecule has 0 radical (unpaired) electrons. The van der Waals surface area contributed by atoms with Crippen molar-refractivity contribution in [3.05, 3.63) is 48.6 Å². The van der Waals surface area contributed by atoms with Gasteiger partial charge in [-0.1, -0.05) is 69.8 Å². The molecule has 1 aromatic rings. The van der Waals surface area contributed by atoms with Gasteiger partial charge in [0.15, 0.2) is 0 Å². The summed E-state index contributed by atoms with van der Waals surface area (Å²) in [5, 5.41) is 41.9. The number of carbonyl (C=O) groups excluding carboxylic acids is 1. The van der Waals surface area contributed by atoms with Gasteiger partial charge in [-0.25, -0.2) is 0 Å². The summed E-state index contributed by atoms with van der Waals surface area (Å²) in [5.74, 6) is 0.303. The molecule has 1 aliphatic heterocycles. The third-order valence-corrected chi connectivity index (χ3v) is 6.62. The standard InChI is InChI=1S/C30H47NO7/c1-2-3-4-5-6-7-8-9-10-11-12-13-14-15-16-17-26(33)31-23-18-20-24(21-19-23)37-30-29(36)28(35)27(34)25(22-32)38-30/h7-10,18-21,25,27-30,32,34-36H,2-6,11-17,22H2,1H3,(H,31,33)/b8-7-,10-9-/t25-,27-,28+,29-,30-/m1/s1. The number of rotatable bonds is 18. The number of hydrogen-bond acceptors (Lipinski definition) is 7. The van der Waals surface area contributed by atoms with E-state index in [0.29, 0.717) is 17.9 Å². The fourth-order valence-electron chi connectivity index (χ4n) is 4.26. The Labute approximate surface area is 227 Å². The molecule has 0 unspecified atom stereocenters. The van der Waals surface area contributed by atoms with Gasteiger partial charge < -0.3 is 35.2 Å². The van der Waals surface area contributed by atoms with Crippen molar-refractivity contribution in [2.24, 2.45) is 0 Å². The van der Waals surface area contributed by atoms with Gasteiger partial charge in [0.2, 0.25) is 12.2 Å². The van der Waals surface area contributed by atoms with Crippen LogP contribution in [0.4, 0.5) is 5.69 Å². The van der Waals surface area contributed by atoms with E-state index < -0.39 is 37.3 Å². The van der Waals surface area contributed by atoms with Gasteiger partial charge in [0.25, 0.3) is 0 Å². The van der Waals surface area contributed by atoms with E-state index in [1.165, 1.54) is 44.9 Å². The molecular weight excluding hydrogens is 486 g/mol. The molecule has 5 N–H and O–H groups in total.